The van der Waals surface area contributed by atoms with Crippen molar-refractivity contribution in [2.45, 2.75) is 6.92 Å². The third-order valence-corrected chi connectivity index (χ3v) is 2.33. The van der Waals surface area contributed by atoms with Crippen LogP contribution in [-0.4, -0.2) is 23.5 Å². The second-order valence-electron chi connectivity index (χ2n) is 3.27. The molecule has 0 atom stereocenters. The molecule has 0 saturated carbocycles. The highest BCUT2D eigenvalue weighted by molar-refractivity contribution is 6.32. The molecule has 0 heterocycles. The van der Waals surface area contributed by atoms with Crippen LogP contribution in [0.2, 0.25) is 5.02 Å². The summed E-state index contributed by atoms with van der Waals surface area (Å²) in [6.07, 6.45) is 2.37. The van der Waals surface area contributed by atoms with E-state index >= 15 is 0 Å². The molecular formula is C12H12ClNO3. The number of carboxylic acid groups (broad SMARTS) is 1. The van der Waals surface area contributed by atoms with E-state index in [-0.39, 0.29) is 5.91 Å². The summed E-state index contributed by atoms with van der Waals surface area (Å²) >= 11 is 5.93. The van der Waals surface area contributed by atoms with Gasteiger partial charge < -0.3 is 10.4 Å². The Labute approximate surface area is 104 Å². The number of hydrogen-bond acceptors (Lipinski definition) is 2. The van der Waals surface area contributed by atoms with E-state index in [4.69, 9.17) is 16.7 Å². The van der Waals surface area contributed by atoms with Crippen LogP contribution in [0.25, 0.3) is 6.08 Å². The van der Waals surface area contributed by atoms with Gasteiger partial charge in [0.2, 0.25) is 0 Å². The Balaban J connectivity index is 2.93. The number of benzene rings is 1. The predicted octanol–water partition coefficient (Wildman–Crippen LogP) is 2.19. The zero-order valence-corrected chi connectivity index (χ0v) is 9.99. The summed E-state index contributed by atoms with van der Waals surface area (Å²) in [5, 5.41) is 11.5. The zero-order chi connectivity index (χ0) is 12.8. The molecule has 0 spiro atoms. The van der Waals surface area contributed by atoms with Crippen LogP contribution >= 0.6 is 11.6 Å². The number of carbonyl (C=O) groups excluding carboxylic acids is 1. The number of halogens is 1. The quantitative estimate of drug-likeness (QED) is 0.809. The van der Waals surface area contributed by atoms with Crippen molar-refractivity contribution >= 4 is 29.6 Å². The van der Waals surface area contributed by atoms with E-state index in [0.29, 0.717) is 22.7 Å². The Morgan fingerprint density at radius 3 is 2.71 bits per heavy atom. The zero-order valence-electron chi connectivity index (χ0n) is 9.24. The first-order valence-electron chi connectivity index (χ1n) is 5.03. The molecular weight excluding hydrogens is 242 g/mol. The van der Waals surface area contributed by atoms with Crippen LogP contribution in [0.1, 0.15) is 22.8 Å². The first-order valence-corrected chi connectivity index (χ1v) is 5.41. The summed E-state index contributed by atoms with van der Waals surface area (Å²) in [4.78, 5) is 21.8. The monoisotopic (exact) mass is 253 g/mol. The summed E-state index contributed by atoms with van der Waals surface area (Å²) in [5.74, 6) is -1.25. The van der Waals surface area contributed by atoms with Crippen molar-refractivity contribution in [3.63, 3.8) is 0 Å². The van der Waals surface area contributed by atoms with Gasteiger partial charge in [-0.1, -0.05) is 17.7 Å². The van der Waals surface area contributed by atoms with Crippen LogP contribution in [0.4, 0.5) is 0 Å². The predicted molar refractivity (Wildman–Crippen MR) is 66.1 cm³/mol. The topological polar surface area (TPSA) is 66.4 Å². The molecule has 1 aromatic rings. The number of carboxylic acids is 1. The minimum absolute atomic E-state index is 0.205. The van der Waals surface area contributed by atoms with Gasteiger partial charge in [0, 0.05) is 23.2 Å². The molecule has 4 nitrogen and oxygen atoms in total. The molecule has 0 aliphatic rings. The summed E-state index contributed by atoms with van der Waals surface area (Å²) in [7, 11) is 0. The van der Waals surface area contributed by atoms with Crippen LogP contribution in [-0.2, 0) is 4.79 Å². The smallest absolute Gasteiger partial charge is 0.328 e. The molecule has 0 unspecified atom stereocenters. The molecule has 17 heavy (non-hydrogen) atoms. The molecule has 0 saturated heterocycles. The van der Waals surface area contributed by atoms with Gasteiger partial charge >= 0.3 is 5.97 Å². The standard InChI is InChI=1S/C12H12ClNO3/c1-2-14-12(17)9-4-3-8(10(13)7-9)5-6-11(15)16/h3-7H,2H2,1H3,(H,14,17)(H,15,16)/b6-5+. The van der Waals surface area contributed by atoms with Crippen molar-refractivity contribution in [2.24, 2.45) is 0 Å². The molecule has 0 aliphatic heterocycles. The lowest BCUT2D eigenvalue weighted by atomic mass is 10.1. The Kier molecular flexibility index (Phi) is 4.72. The van der Waals surface area contributed by atoms with Crippen LogP contribution in [0, 0.1) is 0 Å². The van der Waals surface area contributed by atoms with Crippen molar-refractivity contribution in [1.82, 2.24) is 5.32 Å². The number of aliphatic carboxylic acids is 1. The fourth-order valence-corrected chi connectivity index (χ4v) is 1.47. The molecule has 5 heteroatoms. The molecule has 90 valence electrons. The van der Waals surface area contributed by atoms with Gasteiger partial charge in [-0.25, -0.2) is 4.79 Å². The molecule has 2 N–H and O–H groups in total. The maximum Gasteiger partial charge on any atom is 0.328 e. The van der Waals surface area contributed by atoms with Gasteiger partial charge in [0.05, 0.1) is 0 Å². The Morgan fingerprint density at radius 1 is 1.47 bits per heavy atom. The maximum absolute atomic E-state index is 11.5. The third-order valence-electron chi connectivity index (χ3n) is 2.01. The first kappa shape index (κ1) is 13.3. The molecule has 0 bridgehead atoms. The molecule has 1 amide bonds. The Morgan fingerprint density at radius 2 is 2.18 bits per heavy atom. The number of rotatable bonds is 4. The van der Waals surface area contributed by atoms with Gasteiger partial charge in [-0.05, 0) is 30.7 Å². The van der Waals surface area contributed by atoms with Gasteiger partial charge in [-0.15, -0.1) is 0 Å². The van der Waals surface area contributed by atoms with Crippen LogP contribution < -0.4 is 5.32 Å². The second-order valence-corrected chi connectivity index (χ2v) is 3.67. The van der Waals surface area contributed by atoms with Crippen molar-refractivity contribution in [1.29, 1.82) is 0 Å². The fourth-order valence-electron chi connectivity index (χ4n) is 1.23. The van der Waals surface area contributed by atoms with Gasteiger partial charge in [0.25, 0.3) is 5.91 Å². The van der Waals surface area contributed by atoms with E-state index in [1.807, 2.05) is 6.92 Å². The lowest BCUT2D eigenvalue weighted by molar-refractivity contribution is -0.131. The SMILES string of the molecule is CCNC(=O)c1ccc(/C=C/C(=O)O)c(Cl)c1. The average molecular weight is 254 g/mol. The van der Waals surface area contributed by atoms with E-state index in [2.05, 4.69) is 5.32 Å². The number of nitrogens with one attached hydrogen (secondary N) is 1. The summed E-state index contributed by atoms with van der Waals surface area (Å²) in [6.45, 7) is 2.36. The van der Waals surface area contributed by atoms with Gasteiger partial charge in [0.15, 0.2) is 0 Å². The molecule has 0 fully saturated rings. The van der Waals surface area contributed by atoms with E-state index in [0.717, 1.165) is 6.08 Å². The van der Waals surface area contributed by atoms with Gasteiger partial charge in [-0.3, -0.25) is 4.79 Å². The van der Waals surface area contributed by atoms with Crippen LogP contribution in [0.15, 0.2) is 24.3 Å². The van der Waals surface area contributed by atoms with E-state index in [9.17, 15) is 9.59 Å². The first-order chi connectivity index (χ1) is 8.04. The van der Waals surface area contributed by atoms with Crippen LogP contribution in [0.5, 0.6) is 0 Å². The molecule has 0 aliphatic carbocycles. The number of carbonyl (C=O) groups is 2. The highest BCUT2D eigenvalue weighted by Crippen LogP contribution is 2.19. The highest BCUT2D eigenvalue weighted by atomic mass is 35.5. The Bertz CT molecular complexity index is 469. The molecule has 0 aromatic heterocycles. The summed E-state index contributed by atoms with van der Waals surface area (Å²) < 4.78 is 0. The minimum Gasteiger partial charge on any atom is -0.478 e. The molecule has 1 rings (SSSR count). The minimum atomic E-state index is -1.05. The van der Waals surface area contributed by atoms with Crippen LogP contribution in [0.3, 0.4) is 0 Å². The molecule has 0 radical (unpaired) electrons. The van der Waals surface area contributed by atoms with E-state index in [1.165, 1.54) is 12.1 Å². The number of hydrogen-bond donors (Lipinski definition) is 2. The van der Waals surface area contributed by atoms with Gasteiger partial charge in [0.1, 0.15) is 0 Å². The summed E-state index contributed by atoms with van der Waals surface area (Å²) in [5.41, 5.74) is 1.01. The Hall–Kier alpha value is -1.81. The highest BCUT2D eigenvalue weighted by Gasteiger charge is 2.06. The van der Waals surface area contributed by atoms with Crippen molar-refractivity contribution in [2.75, 3.05) is 6.54 Å². The van der Waals surface area contributed by atoms with Crippen molar-refractivity contribution in [3.05, 3.63) is 40.4 Å². The number of amides is 1. The molecule has 1 aromatic carbocycles. The third kappa shape index (κ3) is 3.92. The van der Waals surface area contributed by atoms with Crippen molar-refractivity contribution < 1.29 is 14.7 Å². The average Bonchev–Trinajstić information content (AvgIpc) is 2.27. The van der Waals surface area contributed by atoms with E-state index in [1.54, 1.807) is 12.1 Å². The largest absolute Gasteiger partial charge is 0.478 e. The van der Waals surface area contributed by atoms with Crippen molar-refractivity contribution in [3.8, 4) is 0 Å². The lowest BCUT2D eigenvalue weighted by Gasteiger charge is -2.04. The lowest BCUT2D eigenvalue weighted by Crippen LogP contribution is -2.22. The summed E-state index contributed by atoms with van der Waals surface area (Å²) in [6, 6.07) is 4.71. The normalized spacial score (nSPS) is 10.5. The van der Waals surface area contributed by atoms with Gasteiger partial charge in [-0.2, -0.15) is 0 Å². The maximum atomic E-state index is 11.5. The second kappa shape index (κ2) is 6.06. The fraction of sp³-hybridized carbons (Fsp3) is 0.167. The van der Waals surface area contributed by atoms with E-state index < -0.39 is 5.97 Å².